The summed E-state index contributed by atoms with van der Waals surface area (Å²) in [5.41, 5.74) is 0. The number of aromatic nitrogens is 1. The van der Waals surface area contributed by atoms with Crippen molar-refractivity contribution in [1.82, 2.24) is 4.98 Å². The maximum Gasteiger partial charge on any atom is 0.0267 e. The fourth-order valence-electron chi connectivity index (χ4n) is 0.313. The van der Waals surface area contributed by atoms with Crippen molar-refractivity contribution in [2.45, 2.75) is 0 Å². The van der Waals surface area contributed by atoms with Crippen LogP contribution >= 0.6 is 0 Å². The van der Waals surface area contributed by atoms with Gasteiger partial charge in [0.15, 0.2) is 0 Å². The van der Waals surface area contributed by atoms with Gasteiger partial charge in [-0.25, -0.2) is 0 Å². The SMILES string of the molecule is [CH3-].[Cr].c1ccncc1. The average Bonchev–Trinajstić information content (AvgIpc) is 1.72. The summed E-state index contributed by atoms with van der Waals surface area (Å²) < 4.78 is 0. The molecule has 0 aliphatic heterocycles. The Morgan fingerprint density at radius 2 is 1.38 bits per heavy atom. The number of hydrogen-bond acceptors (Lipinski definition) is 1. The van der Waals surface area contributed by atoms with E-state index in [1.54, 1.807) is 12.4 Å². The molecule has 0 unspecified atom stereocenters. The molecule has 8 heavy (non-hydrogen) atoms. The van der Waals surface area contributed by atoms with E-state index in [2.05, 4.69) is 4.98 Å². The fourth-order valence-corrected chi connectivity index (χ4v) is 0.313. The molecule has 0 aromatic carbocycles. The molecule has 0 N–H and O–H groups in total. The minimum atomic E-state index is 0. The Morgan fingerprint density at radius 1 is 0.875 bits per heavy atom. The summed E-state index contributed by atoms with van der Waals surface area (Å²) in [5.74, 6) is 0. The van der Waals surface area contributed by atoms with Crippen LogP contribution in [0.1, 0.15) is 0 Å². The molecule has 1 nitrogen and oxygen atoms in total. The molecule has 1 aromatic heterocycles. The fraction of sp³-hybridized carbons (Fsp3) is 0. The van der Waals surface area contributed by atoms with E-state index in [1.807, 2.05) is 18.2 Å². The van der Waals surface area contributed by atoms with Gasteiger partial charge in [0.1, 0.15) is 0 Å². The molecule has 0 aliphatic rings. The second-order valence-electron chi connectivity index (χ2n) is 1.02. The van der Waals surface area contributed by atoms with E-state index in [9.17, 15) is 0 Å². The predicted octanol–water partition coefficient (Wildman–Crippen LogP) is 1.53. The van der Waals surface area contributed by atoms with Crippen molar-refractivity contribution in [2.24, 2.45) is 0 Å². The van der Waals surface area contributed by atoms with Crippen molar-refractivity contribution < 1.29 is 17.4 Å². The van der Waals surface area contributed by atoms with E-state index in [0.717, 1.165) is 0 Å². The normalized spacial score (nSPS) is 6.00. The van der Waals surface area contributed by atoms with Crippen LogP contribution in [0.2, 0.25) is 0 Å². The van der Waals surface area contributed by atoms with Crippen LogP contribution in [0.4, 0.5) is 0 Å². The molecular formula is C6H8CrN-. The van der Waals surface area contributed by atoms with Gasteiger partial charge in [0, 0.05) is 29.8 Å². The van der Waals surface area contributed by atoms with Gasteiger partial charge in [-0.3, -0.25) is 4.98 Å². The van der Waals surface area contributed by atoms with Gasteiger partial charge >= 0.3 is 0 Å². The molecule has 1 rings (SSSR count). The monoisotopic (exact) mass is 146 g/mol. The largest absolute Gasteiger partial charge is 0.358 e. The minimum absolute atomic E-state index is 0. The minimum Gasteiger partial charge on any atom is -0.358 e. The van der Waals surface area contributed by atoms with Crippen molar-refractivity contribution in [3.63, 3.8) is 0 Å². The van der Waals surface area contributed by atoms with E-state index >= 15 is 0 Å². The number of hydrogen-bond donors (Lipinski definition) is 0. The topological polar surface area (TPSA) is 12.9 Å². The van der Waals surface area contributed by atoms with E-state index in [0.29, 0.717) is 0 Å². The predicted molar refractivity (Wildman–Crippen MR) is 30.7 cm³/mol. The zero-order valence-electron chi connectivity index (χ0n) is 4.74. The van der Waals surface area contributed by atoms with Crippen molar-refractivity contribution in [1.29, 1.82) is 0 Å². The van der Waals surface area contributed by atoms with Crippen molar-refractivity contribution in [3.8, 4) is 0 Å². The van der Waals surface area contributed by atoms with Crippen LogP contribution in [-0.4, -0.2) is 4.98 Å². The summed E-state index contributed by atoms with van der Waals surface area (Å²) >= 11 is 0. The van der Waals surface area contributed by atoms with Gasteiger partial charge in [0.2, 0.25) is 0 Å². The summed E-state index contributed by atoms with van der Waals surface area (Å²) in [6.07, 6.45) is 3.50. The maximum atomic E-state index is 3.78. The second-order valence-corrected chi connectivity index (χ2v) is 1.02. The molecule has 1 heterocycles. The Kier molecular flexibility index (Phi) is 8.87. The van der Waals surface area contributed by atoms with Crippen LogP contribution in [0.25, 0.3) is 0 Å². The first kappa shape index (κ1) is 10.6. The Balaban J connectivity index is 0. The summed E-state index contributed by atoms with van der Waals surface area (Å²) in [5, 5.41) is 0. The van der Waals surface area contributed by atoms with E-state index in [1.165, 1.54) is 0 Å². The molecule has 44 valence electrons. The van der Waals surface area contributed by atoms with Crippen LogP contribution in [-0.2, 0) is 17.4 Å². The first-order valence-electron chi connectivity index (χ1n) is 1.85. The van der Waals surface area contributed by atoms with Gasteiger partial charge < -0.3 is 7.43 Å². The van der Waals surface area contributed by atoms with Gasteiger partial charge in [-0.15, -0.1) is 0 Å². The third-order valence-electron chi connectivity index (χ3n) is 0.566. The van der Waals surface area contributed by atoms with Crippen molar-refractivity contribution >= 4 is 0 Å². The zero-order valence-corrected chi connectivity index (χ0v) is 6.02. The molecular weight excluding hydrogens is 138 g/mol. The van der Waals surface area contributed by atoms with Crippen molar-refractivity contribution in [2.75, 3.05) is 0 Å². The average molecular weight is 146 g/mol. The molecule has 0 amide bonds. The van der Waals surface area contributed by atoms with Gasteiger partial charge in [-0.05, 0) is 12.1 Å². The molecule has 0 saturated heterocycles. The summed E-state index contributed by atoms with van der Waals surface area (Å²) in [7, 11) is 0. The van der Waals surface area contributed by atoms with Crippen LogP contribution in [0, 0.1) is 7.43 Å². The molecule has 2 heteroatoms. The second kappa shape index (κ2) is 6.68. The van der Waals surface area contributed by atoms with Crippen LogP contribution in [0.15, 0.2) is 30.6 Å². The summed E-state index contributed by atoms with van der Waals surface area (Å²) in [6.45, 7) is 0. The molecule has 0 fully saturated rings. The molecule has 0 radical (unpaired) electrons. The molecule has 0 bridgehead atoms. The number of pyridine rings is 1. The summed E-state index contributed by atoms with van der Waals surface area (Å²) in [4.78, 5) is 3.78. The van der Waals surface area contributed by atoms with Gasteiger partial charge in [-0.2, -0.15) is 0 Å². The molecule has 0 atom stereocenters. The van der Waals surface area contributed by atoms with Gasteiger partial charge in [-0.1, -0.05) is 6.07 Å². The third-order valence-corrected chi connectivity index (χ3v) is 0.566. The standard InChI is InChI=1S/C5H5N.CH3.Cr/c1-2-4-6-5-3-1;;/h1-5H;1H3;/q;-1;. The Hall–Kier alpha value is -0.318. The first-order chi connectivity index (χ1) is 3.00. The molecule has 0 saturated carbocycles. The Labute approximate surface area is 60.9 Å². The molecule has 0 aliphatic carbocycles. The Morgan fingerprint density at radius 3 is 1.50 bits per heavy atom. The Bertz CT molecular complexity index is 80.5. The third kappa shape index (κ3) is 3.86. The van der Waals surface area contributed by atoms with E-state index in [-0.39, 0.29) is 24.8 Å². The molecule has 0 spiro atoms. The van der Waals surface area contributed by atoms with Crippen LogP contribution in [0.5, 0.6) is 0 Å². The van der Waals surface area contributed by atoms with Crippen LogP contribution in [0.3, 0.4) is 0 Å². The first-order valence-corrected chi connectivity index (χ1v) is 1.85. The van der Waals surface area contributed by atoms with Gasteiger partial charge in [0.25, 0.3) is 0 Å². The smallest absolute Gasteiger partial charge is 0.0267 e. The zero-order chi connectivity index (χ0) is 4.24. The quantitative estimate of drug-likeness (QED) is 0.506. The van der Waals surface area contributed by atoms with Gasteiger partial charge in [0.05, 0.1) is 0 Å². The maximum absolute atomic E-state index is 3.78. The van der Waals surface area contributed by atoms with E-state index in [4.69, 9.17) is 0 Å². The van der Waals surface area contributed by atoms with Crippen LogP contribution < -0.4 is 0 Å². The van der Waals surface area contributed by atoms with E-state index < -0.39 is 0 Å². The van der Waals surface area contributed by atoms with Crippen molar-refractivity contribution in [3.05, 3.63) is 38.0 Å². The number of rotatable bonds is 0. The number of nitrogens with zero attached hydrogens (tertiary/aromatic N) is 1. The molecule has 1 aromatic rings. The summed E-state index contributed by atoms with van der Waals surface area (Å²) in [6, 6.07) is 5.72.